The van der Waals surface area contributed by atoms with E-state index < -0.39 is 5.97 Å². The van der Waals surface area contributed by atoms with Gasteiger partial charge < -0.3 is 9.64 Å². The monoisotopic (exact) mass is 296 g/mol. The van der Waals surface area contributed by atoms with E-state index in [1.165, 1.54) is 0 Å². The highest BCUT2D eigenvalue weighted by Gasteiger charge is 2.30. The quantitative estimate of drug-likeness (QED) is 0.804. The van der Waals surface area contributed by atoms with Gasteiger partial charge in [0.25, 0.3) is 5.91 Å². The number of ether oxygens (including phenoxy) is 1. The lowest BCUT2D eigenvalue weighted by atomic mass is 9.92. The highest BCUT2D eigenvalue weighted by atomic mass is 32.1. The highest BCUT2D eigenvalue weighted by Crippen LogP contribution is 2.25. The number of rotatable bonds is 3. The first kappa shape index (κ1) is 15.0. The Morgan fingerprint density at radius 3 is 2.95 bits per heavy atom. The number of hydrogen-bond donors (Lipinski definition) is 0. The van der Waals surface area contributed by atoms with Crippen molar-refractivity contribution in [3.8, 4) is 0 Å². The summed E-state index contributed by atoms with van der Waals surface area (Å²) in [6, 6.07) is 0.212. The predicted molar refractivity (Wildman–Crippen MR) is 77.0 cm³/mol. The van der Waals surface area contributed by atoms with Crippen molar-refractivity contribution < 1.29 is 14.3 Å². The molecule has 1 saturated heterocycles. The van der Waals surface area contributed by atoms with Gasteiger partial charge in [-0.25, -0.2) is 9.78 Å². The van der Waals surface area contributed by atoms with E-state index in [4.69, 9.17) is 4.74 Å². The summed E-state index contributed by atoms with van der Waals surface area (Å²) in [5, 5.41) is 1.88. The number of piperidine rings is 1. The van der Waals surface area contributed by atoms with Crippen LogP contribution in [0.4, 0.5) is 0 Å². The van der Waals surface area contributed by atoms with Crippen molar-refractivity contribution in [2.75, 3.05) is 13.2 Å². The molecule has 110 valence electrons. The van der Waals surface area contributed by atoms with Crippen molar-refractivity contribution in [1.29, 1.82) is 0 Å². The first-order valence-electron chi connectivity index (χ1n) is 6.98. The van der Waals surface area contributed by atoms with Crippen LogP contribution >= 0.6 is 11.3 Å². The zero-order valence-electron chi connectivity index (χ0n) is 12.1. The lowest BCUT2D eigenvalue weighted by Gasteiger charge is -2.37. The lowest BCUT2D eigenvalue weighted by molar-refractivity contribution is 0.0524. The lowest BCUT2D eigenvalue weighted by Crippen LogP contribution is -2.46. The second-order valence-electron chi connectivity index (χ2n) is 5.12. The Balaban J connectivity index is 2.11. The zero-order valence-corrected chi connectivity index (χ0v) is 12.9. The van der Waals surface area contributed by atoms with Gasteiger partial charge in [-0.3, -0.25) is 4.79 Å². The number of carbonyl (C=O) groups excluding carboxylic acids is 2. The van der Waals surface area contributed by atoms with Gasteiger partial charge in [-0.15, -0.1) is 11.3 Å². The van der Waals surface area contributed by atoms with Crippen LogP contribution in [0.15, 0.2) is 5.38 Å². The minimum absolute atomic E-state index is 0.0872. The molecule has 1 fully saturated rings. The van der Waals surface area contributed by atoms with Gasteiger partial charge in [0, 0.05) is 18.0 Å². The molecule has 1 aliphatic rings. The van der Waals surface area contributed by atoms with Crippen LogP contribution in [0.3, 0.4) is 0 Å². The average molecular weight is 296 g/mol. The summed E-state index contributed by atoms with van der Waals surface area (Å²) < 4.78 is 4.89. The van der Waals surface area contributed by atoms with Crippen LogP contribution in [-0.4, -0.2) is 41.0 Å². The Bertz CT molecular complexity index is 500. The standard InChI is InChI=1S/C14H20N2O3S/c1-4-19-14(18)12-15-11(8-20-12)13(17)16-7-5-6-9(2)10(16)3/h8-10H,4-7H2,1-3H3. The number of aromatic nitrogens is 1. The van der Waals surface area contributed by atoms with Crippen LogP contribution in [0.25, 0.3) is 0 Å². The van der Waals surface area contributed by atoms with E-state index in [2.05, 4.69) is 18.8 Å². The SMILES string of the molecule is CCOC(=O)c1nc(C(=O)N2CCCC(C)C2C)cs1. The molecule has 0 radical (unpaired) electrons. The fraction of sp³-hybridized carbons (Fsp3) is 0.643. The van der Waals surface area contributed by atoms with Crippen LogP contribution in [0.2, 0.25) is 0 Å². The van der Waals surface area contributed by atoms with E-state index in [0.29, 0.717) is 18.2 Å². The average Bonchev–Trinajstić information content (AvgIpc) is 2.91. The summed E-state index contributed by atoms with van der Waals surface area (Å²) in [5.74, 6) is -0.0525. The highest BCUT2D eigenvalue weighted by molar-refractivity contribution is 7.11. The maximum atomic E-state index is 12.5. The molecule has 6 heteroatoms. The smallest absolute Gasteiger partial charge is 0.367 e. The molecule has 5 nitrogen and oxygen atoms in total. The van der Waals surface area contributed by atoms with Crippen LogP contribution < -0.4 is 0 Å². The molecule has 2 atom stereocenters. The van der Waals surface area contributed by atoms with Crippen molar-refractivity contribution in [3.63, 3.8) is 0 Å². The second-order valence-corrected chi connectivity index (χ2v) is 5.98. The summed E-state index contributed by atoms with van der Waals surface area (Å²) in [6.07, 6.45) is 2.17. The molecule has 0 N–H and O–H groups in total. The van der Waals surface area contributed by atoms with Crippen LogP contribution in [0.5, 0.6) is 0 Å². The summed E-state index contributed by atoms with van der Waals surface area (Å²) in [6.45, 7) is 7.04. The van der Waals surface area contributed by atoms with Gasteiger partial charge in [0.2, 0.25) is 5.01 Å². The van der Waals surface area contributed by atoms with Crippen molar-refractivity contribution in [2.45, 2.75) is 39.7 Å². The van der Waals surface area contributed by atoms with Gasteiger partial charge >= 0.3 is 5.97 Å². The van der Waals surface area contributed by atoms with Crippen molar-refractivity contribution in [1.82, 2.24) is 9.88 Å². The molecule has 1 amide bonds. The van der Waals surface area contributed by atoms with Gasteiger partial charge in [-0.05, 0) is 32.6 Å². The molecule has 0 aromatic carbocycles. The van der Waals surface area contributed by atoms with Gasteiger partial charge in [0.05, 0.1) is 6.61 Å². The molecule has 1 aromatic heterocycles. The molecule has 1 aliphatic heterocycles. The van der Waals surface area contributed by atoms with Crippen LogP contribution in [-0.2, 0) is 4.74 Å². The maximum Gasteiger partial charge on any atom is 0.367 e. The van der Waals surface area contributed by atoms with Gasteiger partial charge in [0.1, 0.15) is 5.69 Å². The first-order valence-corrected chi connectivity index (χ1v) is 7.86. The van der Waals surface area contributed by atoms with E-state index in [1.807, 2.05) is 4.90 Å². The van der Waals surface area contributed by atoms with Crippen molar-refractivity contribution in [2.24, 2.45) is 5.92 Å². The zero-order chi connectivity index (χ0) is 14.7. The number of hydrogen-bond acceptors (Lipinski definition) is 5. The van der Waals surface area contributed by atoms with Gasteiger partial charge in [-0.2, -0.15) is 0 Å². The van der Waals surface area contributed by atoms with E-state index in [-0.39, 0.29) is 17.0 Å². The van der Waals surface area contributed by atoms with E-state index in [0.717, 1.165) is 30.7 Å². The van der Waals surface area contributed by atoms with Gasteiger partial charge in [-0.1, -0.05) is 6.92 Å². The molecule has 0 spiro atoms. The molecule has 0 saturated carbocycles. The second kappa shape index (κ2) is 6.35. The summed E-state index contributed by atoms with van der Waals surface area (Å²) in [7, 11) is 0. The Morgan fingerprint density at radius 2 is 2.25 bits per heavy atom. The van der Waals surface area contributed by atoms with E-state index in [1.54, 1.807) is 12.3 Å². The molecule has 0 aliphatic carbocycles. The number of amides is 1. The minimum atomic E-state index is -0.461. The summed E-state index contributed by atoms with van der Waals surface area (Å²) in [5.41, 5.74) is 0.346. The maximum absolute atomic E-state index is 12.5. The Hall–Kier alpha value is -1.43. The van der Waals surface area contributed by atoms with Crippen LogP contribution in [0, 0.1) is 5.92 Å². The van der Waals surface area contributed by atoms with Crippen molar-refractivity contribution in [3.05, 3.63) is 16.1 Å². The van der Waals surface area contributed by atoms with Crippen molar-refractivity contribution >= 4 is 23.2 Å². The first-order chi connectivity index (χ1) is 9.54. The molecule has 2 heterocycles. The normalized spacial score (nSPS) is 22.6. The summed E-state index contributed by atoms with van der Waals surface area (Å²) in [4.78, 5) is 30.0. The molecule has 2 rings (SSSR count). The Labute approximate surface area is 122 Å². The molecular formula is C14H20N2O3S. The third kappa shape index (κ3) is 3.00. The molecule has 1 aromatic rings. The predicted octanol–water partition coefficient (Wildman–Crippen LogP) is 2.58. The molecule has 20 heavy (non-hydrogen) atoms. The number of nitrogens with zero attached hydrogens (tertiary/aromatic N) is 2. The fourth-order valence-corrected chi connectivity index (χ4v) is 3.11. The van der Waals surface area contributed by atoms with E-state index >= 15 is 0 Å². The Morgan fingerprint density at radius 1 is 1.50 bits per heavy atom. The fourth-order valence-electron chi connectivity index (χ4n) is 2.43. The van der Waals surface area contributed by atoms with Crippen LogP contribution in [0.1, 0.15) is 53.9 Å². The Kier molecular flexibility index (Phi) is 4.75. The molecule has 0 bridgehead atoms. The van der Waals surface area contributed by atoms with Gasteiger partial charge in [0.15, 0.2) is 0 Å². The molecule has 2 unspecified atom stereocenters. The number of thiazole rings is 1. The summed E-state index contributed by atoms with van der Waals surface area (Å²) >= 11 is 1.16. The number of likely N-dealkylation sites (tertiary alicyclic amines) is 1. The third-order valence-corrected chi connectivity index (χ3v) is 4.63. The third-order valence-electron chi connectivity index (χ3n) is 3.81. The number of esters is 1. The van der Waals surface area contributed by atoms with E-state index in [9.17, 15) is 9.59 Å². The topological polar surface area (TPSA) is 59.5 Å². The molecular weight excluding hydrogens is 276 g/mol. The number of carbonyl (C=O) groups is 2. The minimum Gasteiger partial charge on any atom is -0.461 e. The largest absolute Gasteiger partial charge is 0.461 e.